The lowest BCUT2D eigenvalue weighted by Crippen LogP contribution is -2.09. The van der Waals surface area contributed by atoms with E-state index in [2.05, 4.69) is 10.2 Å². The highest BCUT2D eigenvalue weighted by Gasteiger charge is 1.95. The molecule has 0 aliphatic heterocycles. The Bertz CT molecular complexity index is 340. The van der Waals surface area contributed by atoms with Gasteiger partial charge in [-0.15, -0.1) is 0 Å². The normalized spacial score (nSPS) is 10.3. The largest absolute Gasteiger partial charge is 0.492 e. The van der Waals surface area contributed by atoms with Crippen LogP contribution in [0.1, 0.15) is 6.42 Å². The molecule has 0 aliphatic rings. The summed E-state index contributed by atoms with van der Waals surface area (Å²) in [6.45, 7) is 2.29. The first-order valence-electron chi connectivity index (χ1n) is 5.07. The monoisotopic (exact) mass is 228 g/mol. The third-order valence-electron chi connectivity index (χ3n) is 1.77. The lowest BCUT2D eigenvalue weighted by atomic mass is 10.5. The smallest absolute Gasteiger partial charge is 0.267 e. The number of nitrogens with one attached hydrogen (secondary N) is 1. The molecule has 90 valence electrons. The Balaban J connectivity index is 2.05. The number of hydrogen-bond donors (Lipinski definition) is 1. The minimum atomic E-state index is -0.270. The predicted octanol–water partition coefficient (Wildman–Crippen LogP) is 0.202. The Morgan fingerprint density at radius 2 is 2.19 bits per heavy atom. The molecule has 0 radical (unpaired) electrons. The number of rotatable bonds is 8. The number of methoxy groups -OCH3 is 1. The Labute approximate surface area is 93.5 Å². The van der Waals surface area contributed by atoms with Gasteiger partial charge >= 0.3 is 0 Å². The summed E-state index contributed by atoms with van der Waals surface area (Å²) in [7, 11) is 1.63. The molecule has 0 bridgehead atoms. The molecule has 0 fully saturated rings. The van der Waals surface area contributed by atoms with E-state index in [9.17, 15) is 4.79 Å². The average molecular weight is 228 g/mol. The summed E-state index contributed by atoms with van der Waals surface area (Å²) in [6.07, 6.45) is 2.23. The van der Waals surface area contributed by atoms with Crippen molar-refractivity contribution in [2.75, 3.05) is 33.5 Å². The zero-order chi connectivity index (χ0) is 11.6. The molecule has 0 saturated carbocycles. The molecule has 0 spiro atoms. The molecule has 0 aliphatic carbocycles. The fourth-order valence-electron chi connectivity index (χ4n) is 1.03. The van der Waals surface area contributed by atoms with Gasteiger partial charge in [0.2, 0.25) is 0 Å². The maximum atomic E-state index is 10.9. The van der Waals surface area contributed by atoms with E-state index in [0.29, 0.717) is 32.2 Å². The number of nitrogens with zero attached hydrogens (tertiary/aromatic N) is 1. The number of hydrogen-bond acceptors (Lipinski definition) is 5. The second-order valence-corrected chi connectivity index (χ2v) is 3.09. The molecule has 0 aromatic carbocycles. The quantitative estimate of drug-likeness (QED) is 0.643. The molecule has 0 amide bonds. The Morgan fingerprint density at radius 3 is 2.94 bits per heavy atom. The maximum Gasteiger partial charge on any atom is 0.267 e. The second-order valence-electron chi connectivity index (χ2n) is 3.09. The molecule has 1 N–H and O–H groups in total. The van der Waals surface area contributed by atoms with Gasteiger partial charge in [0.1, 0.15) is 5.75 Å². The van der Waals surface area contributed by atoms with Gasteiger partial charge in [-0.1, -0.05) is 0 Å². The van der Waals surface area contributed by atoms with Crippen molar-refractivity contribution in [3.8, 4) is 5.75 Å². The van der Waals surface area contributed by atoms with Crippen LogP contribution in [0.25, 0.3) is 0 Å². The summed E-state index contributed by atoms with van der Waals surface area (Å²) in [5.41, 5.74) is -0.270. The lowest BCUT2D eigenvalue weighted by Gasteiger charge is -2.05. The summed E-state index contributed by atoms with van der Waals surface area (Å²) >= 11 is 0. The van der Waals surface area contributed by atoms with Gasteiger partial charge < -0.3 is 14.2 Å². The summed E-state index contributed by atoms with van der Waals surface area (Å²) in [4.78, 5) is 10.9. The molecule has 1 heterocycles. The van der Waals surface area contributed by atoms with Gasteiger partial charge in [-0.3, -0.25) is 4.79 Å². The minimum Gasteiger partial charge on any atom is -0.492 e. The van der Waals surface area contributed by atoms with Crippen molar-refractivity contribution < 1.29 is 14.2 Å². The molecule has 0 unspecified atom stereocenters. The molecular formula is C10H16N2O4. The third kappa shape index (κ3) is 5.47. The van der Waals surface area contributed by atoms with Gasteiger partial charge in [-0.05, 0) is 0 Å². The summed E-state index contributed by atoms with van der Waals surface area (Å²) in [5.74, 6) is 0.473. The Morgan fingerprint density at radius 1 is 1.31 bits per heavy atom. The van der Waals surface area contributed by atoms with Crippen molar-refractivity contribution in [3.63, 3.8) is 0 Å². The summed E-state index contributed by atoms with van der Waals surface area (Å²) in [5, 5.41) is 5.89. The van der Waals surface area contributed by atoms with Crippen LogP contribution in [0.3, 0.4) is 0 Å². The summed E-state index contributed by atoms with van der Waals surface area (Å²) in [6, 6.07) is 1.36. The highest BCUT2D eigenvalue weighted by Crippen LogP contribution is 2.02. The van der Waals surface area contributed by atoms with Crippen molar-refractivity contribution in [1.82, 2.24) is 10.2 Å². The van der Waals surface area contributed by atoms with Crippen LogP contribution < -0.4 is 10.3 Å². The van der Waals surface area contributed by atoms with Crippen LogP contribution >= 0.6 is 0 Å². The molecule has 1 rings (SSSR count). The summed E-state index contributed by atoms with van der Waals surface area (Å²) < 4.78 is 15.4. The van der Waals surface area contributed by atoms with E-state index >= 15 is 0 Å². The molecule has 1 aromatic heterocycles. The van der Waals surface area contributed by atoms with Crippen LogP contribution in [0.2, 0.25) is 0 Å². The minimum absolute atomic E-state index is 0.270. The van der Waals surface area contributed by atoms with Crippen LogP contribution in [0.4, 0.5) is 0 Å². The number of ether oxygens (including phenoxy) is 3. The van der Waals surface area contributed by atoms with E-state index in [1.807, 2.05) is 0 Å². The van der Waals surface area contributed by atoms with Crippen LogP contribution in [0, 0.1) is 0 Å². The molecule has 1 aromatic rings. The van der Waals surface area contributed by atoms with Crippen LogP contribution in [0.5, 0.6) is 5.75 Å². The van der Waals surface area contributed by atoms with Gasteiger partial charge in [0.05, 0.1) is 26.0 Å². The van der Waals surface area contributed by atoms with Gasteiger partial charge in [-0.2, -0.15) is 5.10 Å². The van der Waals surface area contributed by atoms with E-state index in [4.69, 9.17) is 14.2 Å². The first-order chi connectivity index (χ1) is 7.83. The number of aromatic nitrogens is 2. The topological polar surface area (TPSA) is 73.4 Å². The van der Waals surface area contributed by atoms with E-state index in [1.54, 1.807) is 7.11 Å². The maximum absolute atomic E-state index is 10.9. The molecule has 0 saturated heterocycles. The van der Waals surface area contributed by atoms with Gasteiger partial charge in [0.25, 0.3) is 5.56 Å². The first kappa shape index (κ1) is 12.7. The number of aromatic amines is 1. The van der Waals surface area contributed by atoms with E-state index < -0.39 is 0 Å². The van der Waals surface area contributed by atoms with Crippen LogP contribution in [-0.4, -0.2) is 43.7 Å². The lowest BCUT2D eigenvalue weighted by molar-refractivity contribution is 0.0644. The standard InChI is InChI=1S/C10H16N2O4/c1-14-5-6-15-3-2-4-16-9-7-10(13)12-11-8-9/h7-8H,2-6H2,1H3,(H,12,13). The highest BCUT2D eigenvalue weighted by atomic mass is 16.5. The first-order valence-corrected chi connectivity index (χ1v) is 5.07. The molecule has 16 heavy (non-hydrogen) atoms. The van der Waals surface area contributed by atoms with Gasteiger partial charge in [0.15, 0.2) is 0 Å². The molecule has 0 atom stereocenters. The highest BCUT2D eigenvalue weighted by molar-refractivity contribution is 5.12. The fourth-order valence-corrected chi connectivity index (χ4v) is 1.03. The van der Waals surface area contributed by atoms with Crippen molar-refractivity contribution >= 4 is 0 Å². The predicted molar refractivity (Wildman–Crippen MR) is 57.7 cm³/mol. The Kier molecular flexibility index (Phi) is 6.20. The zero-order valence-electron chi connectivity index (χ0n) is 9.27. The van der Waals surface area contributed by atoms with Crippen molar-refractivity contribution in [2.24, 2.45) is 0 Å². The van der Waals surface area contributed by atoms with Crippen molar-refractivity contribution in [1.29, 1.82) is 0 Å². The van der Waals surface area contributed by atoms with E-state index in [0.717, 1.165) is 6.42 Å². The van der Waals surface area contributed by atoms with Crippen molar-refractivity contribution in [3.05, 3.63) is 22.6 Å². The number of H-pyrrole nitrogens is 1. The van der Waals surface area contributed by atoms with E-state index in [-0.39, 0.29) is 5.56 Å². The third-order valence-corrected chi connectivity index (χ3v) is 1.77. The zero-order valence-corrected chi connectivity index (χ0v) is 9.27. The fraction of sp³-hybridized carbons (Fsp3) is 0.600. The molecular weight excluding hydrogens is 212 g/mol. The van der Waals surface area contributed by atoms with Crippen LogP contribution in [-0.2, 0) is 9.47 Å². The van der Waals surface area contributed by atoms with Crippen LogP contribution in [0.15, 0.2) is 17.1 Å². The van der Waals surface area contributed by atoms with Gasteiger partial charge in [-0.25, -0.2) is 5.10 Å². The SMILES string of the molecule is COCCOCCCOc1cn[nH]c(=O)c1. The second kappa shape index (κ2) is 7.84. The molecule has 6 nitrogen and oxygen atoms in total. The average Bonchev–Trinajstić information content (AvgIpc) is 2.28. The van der Waals surface area contributed by atoms with E-state index in [1.165, 1.54) is 12.3 Å². The Hall–Kier alpha value is -1.40. The van der Waals surface area contributed by atoms with Gasteiger partial charge in [0, 0.05) is 26.2 Å². The molecule has 6 heteroatoms. The van der Waals surface area contributed by atoms with Crippen molar-refractivity contribution in [2.45, 2.75) is 6.42 Å².